The van der Waals surface area contributed by atoms with Gasteiger partial charge in [-0.05, 0) is 37.3 Å². The molecule has 0 saturated carbocycles. The van der Waals surface area contributed by atoms with Gasteiger partial charge in [0.1, 0.15) is 0 Å². The number of rotatable bonds is 6. The Morgan fingerprint density at radius 1 is 1.25 bits per heavy atom. The molecular formula is C16H26N2O2. The van der Waals surface area contributed by atoms with Crippen LogP contribution in [0.5, 0.6) is 0 Å². The number of aryl methyl sites for hydroxylation is 1. The van der Waals surface area contributed by atoms with Crippen molar-refractivity contribution >= 4 is 6.03 Å². The lowest BCUT2D eigenvalue weighted by Crippen LogP contribution is -2.41. The number of nitrogens with one attached hydrogen (secondary N) is 2. The van der Waals surface area contributed by atoms with E-state index in [1.165, 1.54) is 0 Å². The van der Waals surface area contributed by atoms with Gasteiger partial charge in [-0.15, -0.1) is 0 Å². The van der Waals surface area contributed by atoms with Gasteiger partial charge >= 0.3 is 6.03 Å². The van der Waals surface area contributed by atoms with Crippen molar-refractivity contribution in [3.05, 3.63) is 35.4 Å². The summed E-state index contributed by atoms with van der Waals surface area (Å²) in [5, 5.41) is 15.3. The van der Waals surface area contributed by atoms with Crippen molar-refractivity contribution in [2.75, 3.05) is 6.54 Å². The van der Waals surface area contributed by atoms with Gasteiger partial charge < -0.3 is 15.7 Å². The van der Waals surface area contributed by atoms with Gasteiger partial charge in [0.2, 0.25) is 0 Å². The second-order valence-electron chi connectivity index (χ2n) is 5.72. The average molecular weight is 278 g/mol. The topological polar surface area (TPSA) is 61.4 Å². The third kappa shape index (κ3) is 5.61. The van der Waals surface area contributed by atoms with Crippen LogP contribution in [0.1, 0.15) is 44.4 Å². The van der Waals surface area contributed by atoms with Crippen molar-refractivity contribution < 1.29 is 9.90 Å². The first-order chi connectivity index (χ1) is 9.40. The van der Waals surface area contributed by atoms with Crippen LogP contribution in [0.3, 0.4) is 0 Å². The van der Waals surface area contributed by atoms with Crippen molar-refractivity contribution in [1.29, 1.82) is 0 Å². The highest BCUT2D eigenvalue weighted by molar-refractivity contribution is 5.74. The minimum Gasteiger partial charge on any atom is -0.391 e. The summed E-state index contributed by atoms with van der Waals surface area (Å²) >= 11 is 0. The number of hydrogen-bond donors (Lipinski definition) is 3. The van der Waals surface area contributed by atoms with Crippen LogP contribution < -0.4 is 10.6 Å². The van der Waals surface area contributed by atoms with E-state index in [1.54, 1.807) is 0 Å². The monoisotopic (exact) mass is 278 g/mol. The van der Waals surface area contributed by atoms with Crippen LogP contribution in [0.15, 0.2) is 24.3 Å². The van der Waals surface area contributed by atoms with Crippen molar-refractivity contribution in [3.63, 3.8) is 0 Å². The molecule has 4 heteroatoms. The van der Waals surface area contributed by atoms with E-state index < -0.39 is 6.10 Å². The fraction of sp³-hybridized carbons (Fsp3) is 0.562. The molecule has 0 radical (unpaired) electrons. The van der Waals surface area contributed by atoms with Crippen LogP contribution in [0.4, 0.5) is 4.79 Å². The molecule has 112 valence electrons. The Kier molecular flexibility index (Phi) is 6.52. The van der Waals surface area contributed by atoms with E-state index in [0.29, 0.717) is 12.3 Å². The minimum atomic E-state index is -0.491. The molecule has 2 unspecified atom stereocenters. The number of amides is 2. The van der Waals surface area contributed by atoms with Crippen molar-refractivity contribution in [3.8, 4) is 0 Å². The predicted molar refractivity (Wildman–Crippen MR) is 81.6 cm³/mol. The molecule has 4 nitrogen and oxygen atoms in total. The standard InChI is InChI=1S/C16H26N2O2/c1-11(2)9-14(19)10-17-16(20)18-13(4)15-8-6-5-7-12(15)3/h5-8,11,13-14,19H,9-10H2,1-4H3,(H2,17,18,20). The SMILES string of the molecule is Cc1ccccc1C(C)NC(=O)NCC(O)CC(C)C. The summed E-state index contributed by atoms with van der Waals surface area (Å²) in [5.41, 5.74) is 2.26. The smallest absolute Gasteiger partial charge is 0.315 e. The van der Waals surface area contributed by atoms with E-state index in [1.807, 2.05) is 52.0 Å². The quantitative estimate of drug-likeness (QED) is 0.749. The molecule has 0 saturated heterocycles. The van der Waals surface area contributed by atoms with E-state index in [-0.39, 0.29) is 18.6 Å². The van der Waals surface area contributed by atoms with Gasteiger partial charge in [0.25, 0.3) is 0 Å². The van der Waals surface area contributed by atoms with E-state index >= 15 is 0 Å². The van der Waals surface area contributed by atoms with E-state index in [0.717, 1.165) is 11.1 Å². The summed E-state index contributed by atoms with van der Waals surface area (Å²) in [7, 11) is 0. The Hall–Kier alpha value is -1.55. The second-order valence-corrected chi connectivity index (χ2v) is 5.72. The fourth-order valence-electron chi connectivity index (χ4n) is 2.24. The van der Waals surface area contributed by atoms with E-state index in [9.17, 15) is 9.90 Å². The molecule has 0 aliphatic rings. The number of carbonyl (C=O) groups excluding carboxylic acids is 1. The molecular weight excluding hydrogens is 252 g/mol. The summed E-state index contributed by atoms with van der Waals surface area (Å²) in [4.78, 5) is 11.8. The summed E-state index contributed by atoms with van der Waals surface area (Å²) in [6.45, 7) is 8.35. The lowest BCUT2D eigenvalue weighted by Gasteiger charge is -2.18. The Morgan fingerprint density at radius 2 is 1.90 bits per heavy atom. The van der Waals surface area contributed by atoms with Crippen molar-refractivity contribution in [2.24, 2.45) is 5.92 Å². The molecule has 0 fully saturated rings. The second kappa shape index (κ2) is 7.90. The highest BCUT2D eigenvalue weighted by Crippen LogP contribution is 2.16. The van der Waals surface area contributed by atoms with Crippen LogP contribution >= 0.6 is 0 Å². The number of urea groups is 1. The molecule has 0 aromatic heterocycles. The molecule has 2 amide bonds. The first-order valence-electron chi connectivity index (χ1n) is 7.18. The van der Waals surface area contributed by atoms with Crippen LogP contribution in [-0.2, 0) is 0 Å². The highest BCUT2D eigenvalue weighted by Gasteiger charge is 2.12. The number of aliphatic hydroxyl groups excluding tert-OH is 1. The maximum absolute atomic E-state index is 11.8. The molecule has 0 aliphatic carbocycles. The van der Waals surface area contributed by atoms with Gasteiger partial charge in [-0.1, -0.05) is 38.1 Å². The molecule has 1 aromatic rings. The van der Waals surface area contributed by atoms with Crippen molar-refractivity contribution in [2.45, 2.75) is 46.3 Å². The molecule has 1 rings (SSSR count). The van der Waals surface area contributed by atoms with Crippen LogP contribution in [0.2, 0.25) is 0 Å². The maximum Gasteiger partial charge on any atom is 0.315 e. The number of aliphatic hydroxyl groups is 1. The molecule has 1 aromatic carbocycles. The zero-order valence-electron chi connectivity index (χ0n) is 12.8. The molecule has 20 heavy (non-hydrogen) atoms. The first-order valence-corrected chi connectivity index (χ1v) is 7.18. The summed E-state index contributed by atoms with van der Waals surface area (Å²) in [6.07, 6.45) is 0.197. The molecule has 0 spiro atoms. The van der Waals surface area contributed by atoms with E-state index in [4.69, 9.17) is 0 Å². The normalized spacial score (nSPS) is 13.9. The van der Waals surface area contributed by atoms with Crippen LogP contribution in [-0.4, -0.2) is 23.8 Å². The highest BCUT2D eigenvalue weighted by atomic mass is 16.3. The van der Waals surface area contributed by atoms with Crippen LogP contribution in [0, 0.1) is 12.8 Å². The van der Waals surface area contributed by atoms with Gasteiger partial charge in [-0.3, -0.25) is 0 Å². The fourth-order valence-corrected chi connectivity index (χ4v) is 2.24. The largest absolute Gasteiger partial charge is 0.391 e. The summed E-state index contributed by atoms with van der Waals surface area (Å²) in [6, 6.07) is 7.67. The zero-order chi connectivity index (χ0) is 15.1. The summed E-state index contributed by atoms with van der Waals surface area (Å²) in [5.74, 6) is 0.417. The van der Waals surface area contributed by atoms with E-state index in [2.05, 4.69) is 10.6 Å². The molecule has 3 N–H and O–H groups in total. The third-order valence-electron chi connectivity index (χ3n) is 3.24. The zero-order valence-corrected chi connectivity index (χ0v) is 12.8. The van der Waals surface area contributed by atoms with Gasteiger partial charge in [-0.2, -0.15) is 0 Å². The number of hydrogen-bond acceptors (Lipinski definition) is 2. The maximum atomic E-state index is 11.8. The Balaban J connectivity index is 2.41. The number of carbonyl (C=O) groups is 1. The van der Waals surface area contributed by atoms with Crippen molar-refractivity contribution in [1.82, 2.24) is 10.6 Å². The van der Waals surface area contributed by atoms with Gasteiger partial charge in [-0.25, -0.2) is 4.79 Å². The Labute approximate surface area is 121 Å². The van der Waals surface area contributed by atoms with Gasteiger partial charge in [0.15, 0.2) is 0 Å². The molecule has 0 bridgehead atoms. The summed E-state index contributed by atoms with van der Waals surface area (Å²) < 4.78 is 0. The minimum absolute atomic E-state index is 0.0570. The number of benzene rings is 1. The molecule has 0 aliphatic heterocycles. The predicted octanol–water partition coefficient (Wildman–Crippen LogP) is 2.76. The third-order valence-corrected chi connectivity index (χ3v) is 3.24. The molecule has 0 heterocycles. The van der Waals surface area contributed by atoms with Crippen LogP contribution in [0.25, 0.3) is 0 Å². The van der Waals surface area contributed by atoms with Gasteiger partial charge in [0, 0.05) is 6.54 Å². The lowest BCUT2D eigenvalue weighted by atomic mass is 10.0. The van der Waals surface area contributed by atoms with Gasteiger partial charge in [0.05, 0.1) is 12.1 Å². The lowest BCUT2D eigenvalue weighted by molar-refractivity contribution is 0.146. The first kappa shape index (κ1) is 16.5. The Bertz CT molecular complexity index is 432. The molecule has 2 atom stereocenters. The average Bonchev–Trinajstić information content (AvgIpc) is 2.36. The Morgan fingerprint density at radius 3 is 2.50 bits per heavy atom.